The van der Waals surface area contributed by atoms with Gasteiger partial charge in [0.25, 0.3) is 0 Å². The Morgan fingerprint density at radius 3 is 2.53 bits per heavy atom. The third-order valence-corrected chi connectivity index (χ3v) is 4.26. The monoisotopic (exact) mass is 281 g/mol. The highest BCUT2D eigenvalue weighted by atomic mass is 35.5. The number of hydrogen-bond acceptors (Lipinski definition) is 3. The Hall–Kier alpha value is -0.770. The molecule has 0 aromatic heterocycles. The highest BCUT2D eigenvalue weighted by Gasteiger charge is 2.15. The summed E-state index contributed by atoms with van der Waals surface area (Å²) >= 11 is 6.39. The molecular formula is C15H24ClN3. The van der Waals surface area contributed by atoms with Crippen molar-refractivity contribution in [2.24, 2.45) is 5.73 Å². The van der Waals surface area contributed by atoms with E-state index in [0.717, 1.165) is 49.6 Å². The second-order valence-corrected chi connectivity index (χ2v) is 5.85. The third-order valence-electron chi connectivity index (χ3n) is 3.91. The second-order valence-electron chi connectivity index (χ2n) is 5.44. The van der Waals surface area contributed by atoms with Crippen LogP contribution in [-0.2, 0) is 6.42 Å². The second kappa shape index (κ2) is 6.60. The van der Waals surface area contributed by atoms with Crippen LogP contribution in [0.1, 0.15) is 18.9 Å². The Labute approximate surface area is 121 Å². The molecule has 0 bridgehead atoms. The molecule has 1 fully saturated rings. The summed E-state index contributed by atoms with van der Waals surface area (Å²) in [5, 5.41) is 0.848. The van der Waals surface area contributed by atoms with Gasteiger partial charge in [-0.2, -0.15) is 0 Å². The third kappa shape index (κ3) is 3.85. The van der Waals surface area contributed by atoms with Gasteiger partial charge < -0.3 is 15.5 Å². The molecule has 2 N–H and O–H groups in total. The first-order valence-electron chi connectivity index (χ1n) is 7.07. The lowest BCUT2D eigenvalue weighted by Gasteiger charge is -2.34. The van der Waals surface area contributed by atoms with Crippen molar-refractivity contribution in [2.75, 3.05) is 38.1 Å². The first-order chi connectivity index (χ1) is 9.10. The minimum Gasteiger partial charge on any atom is -0.369 e. The van der Waals surface area contributed by atoms with Crippen LogP contribution in [0.2, 0.25) is 5.02 Å². The van der Waals surface area contributed by atoms with E-state index in [4.69, 9.17) is 17.3 Å². The quantitative estimate of drug-likeness (QED) is 0.920. The van der Waals surface area contributed by atoms with Gasteiger partial charge in [-0.15, -0.1) is 0 Å². The standard InChI is InChI=1S/C15H24ClN3/c1-3-13(17)10-12-4-5-14(11-15(12)16)19-8-6-18(2)7-9-19/h4-5,11,13H,3,6-10,17H2,1-2H3. The summed E-state index contributed by atoms with van der Waals surface area (Å²) < 4.78 is 0. The summed E-state index contributed by atoms with van der Waals surface area (Å²) in [5.74, 6) is 0. The summed E-state index contributed by atoms with van der Waals surface area (Å²) in [5.41, 5.74) is 8.39. The van der Waals surface area contributed by atoms with E-state index in [9.17, 15) is 0 Å². The molecule has 1 aromatic rings. The summed E-state index contributed by atoms with van der Waals surface area (Å²) in [6.45, 7) is 6.47. The number of hydrogen-bond donors (Lipinski definition) is 1. The smallest absolute Gasteiger partial charge is 0.0459 e. The van der Waals surface area contributed by atoms with Crippen LogP contribution in [0.15, 0.2) is 18.2 Å². The molecule has 106 valence electrons. The fraction of sp³-hybridized carbons (Fsp3) is 0.600. The van der Waals surface area contributed by atoms with Crippen molar-refractivity contribution < 1.29 is 0 Å². The minimum absolute atomic E-state index is 0.201. The van der Waals surface area contributed by atoms with Crippen LogP contribution in [0.3, 0.4) is 0 Å². The zero-order valence-electron chi connectivity index (χ0n) is 11.9. The summed E-state index contributed by atoms with van der Waals surface area (Å²) in [7, 11) is 2.17. The predicted molar refractivity (Wildman–Crippen MR) is 83.1 cm³/mol. The van der Waals surface area contributed by atoms with Crippen LogP contribution in [0.4, 0.5) is 5.69 Å². The van der Waals surface area contributed by atoms with E-state index in [1.54, 1.807) is 0 Å². The maximum Gasteiger partial charge on any atom is 0.0459 e. The molecule has 1 aliphatic heterocycles. The molecule has 1 unspecified atom stereocenters. The first kappa shape index (κ1) is 14.6. The van der Waals surface area contributed by atoms with Crippen LogP contribution in [0, 0.1) is 0 Å². The fourth-order valence-corrected chi connectivity index (χ4v) is 2.64. The van der Waals surface area contributed by atoms with E-state index in [0.29, 0.717) is 0 Å². The lowest BCUT2D eigenvalue weighted by molar-refractivity contribution is 0.313. The molecule has 1 aliphatic rings. The van der Waals surface area contributed by atoms with Gasteiger partial charge in [-0.25, -0.2) is 0 Å². The van der Waals surface area contributed by atoms with Crippen LogP contribution >= 0.6 is 11.6 Å². The fourth-order valence-electron chi connectivity index (χ4n) is 2.39. The maximum absolute atomic E-state index is 6.39. The molecule has 1 heterocycles. The molecule has 2 rings (SSSR count). The summed E-state index contributed by atoms with van der Waals surface area (Å²) in [6.07, 6.45) is 1.84. The van der Waals surface area contributed by atoms with Gasteiger partial charge in [0.05, 0.1) is 0 Å². The molecule has 1 saturated heterocycles. The average Bonchev–Trinajstić information content (AvgIpc) is 2.41. The number of nitrogens with two attached hydrogens (primary N) is 1. The zero-order valence-corrected chi connectivity index (χ0v) is 12.7. The highest BCUT2D eigenvalue weighted by Crippen LogP contribution is 2.25. The van der Waals surface area contributed by atoms with Crippen molar-refractivity contribution in [3.63, 3.8) is 0 Å². The Morgan fingerprint density at radius 2 is 1.95 bits per heavy atom. The molecule has 0 saturated carbocycles. The van der Waals surface area contributed by atoms with Crippen molar-refractivity contribution in [1.82, 2.24) is 4.90 Å². The van der Waals surface area contributed by atoms with E-state index in [1.807, 2.05) is 0 Å². The van der Waals surface area contributed by atoms with E-state index >= 15 is 0 Å². The Balaban J connectivity index is 2.06. The van der Waals surface area contributed by atoms with Gasteiger partial charge in [-0.3, -0.25) is 0 Å². The summed E-state index contributed by atoms with van der Waals surface area (Å²) in [4.78, 5) is 4.75. The molecule has 0 amide bonds. The number of halogens is 1. The van der Waals surface area contributed by atoms with Gasteiger partial charge in [-0.1, -0.05) is 24.6 Å². The lowest BCUT2D eigenvalue weighted by atomic mass is 10.0. The minimum atomic E-state index is 0.201. The molecule has 0 spiro atoms. The number of nitrogens with zero attached hydrogens (tertiary/aromatic N) is 2. The molecule has 1 aromatic carbocycles. The van der Waals surface area contributed by atoms with Crippen LogP contribution in [0.5, 0.6) is 0 Å². The molecule has 1 atom stereocenters. The van der Waals surface area contributed by atoms with E-state index in [1.165, 1.54) is 5.69 Å². The van der Waals surface area contributed by atoms with Crippen LogP contribution < -0.4 is 10.6 Å². The van der Waals surface area contributed by atoms with Crippen molar-refractivity contribution in [1.29, 1.82) is 0 Å². The Morgan fingerprint density at radius 1 is 1.26 bits per heavy atom. The van der Waals surface area contributed by atoms with E-state index in [-0.39, 0.29) is 6.04 Å². The normalized spacial score (nSPS) is 18.6. The number of rotatable bonds is 4. The number of benzene rings is 1. The van der Waals surface area contributed by atoms with Gasteiger partial charge in [0, 0.05) is 42.9 Å². The predicted octanol–water partition coefficient (Wildman–Crippen LogP) is 2.37. The number of piperazine rings is 1. The van der Waals surface area contributed by atoms with Crippen molar-refractivity contribution in [2.45, 2.75) is 25.8 Å². The maximum atomic E-state index is 6.39. The number of anilines is 1. The highest BCUT2D eigenvalue weighted by molar-refractivity contribution is 6.31. The molecule has 0 radical (unpaired) electrons. The van der Waals surface area contributed by atoms with Gasteiger partial charge in [0.1, 0.15) is 0 Å². The van der Waals surface area contributed by atoms with Crippen LogP contribution in [0.25, 0.3) is 0 Å². The van der Waals surface area contributed by atoms with Crippen molar-refractivity contribution >= 4 is 17.3 Å². The van der Waals surface area contributed by atoms with Gasteiger partial charge >= 0.3 is 0 Å². The van der Waals surface area contributed by atoms with Crippen LogP contribution in [-0.4, -0.2) is 44.2 Å². The molecule has 4 heteroatoms. The van der Waals surface area contributed by atoms with E-state index in [2.05, 4.69) is 42.0 Å². The van der Waals surface area contributed by atoms with Crippen molar-refractivity contribution in [3.05, 3.63) is 28.8 Å². The lowest BCUT2D eigenvalue weighted by Crippen LogP contribution is -2.44. The molecular weight excluding hydrogens is 258 g/mol. The van der Waals surface area contributed by atoms with Gasteiger partial charge in [0.2, 0.25) is 0 Å². The first-order valence-corrected chi connectivity index (χ1v) is 7.45. The van der Waals surface area contributed by atoms with Crippen molar-refractivity contribution in [3.8, 4) is 0 Å². The Kier molecular flexibility index (Phi) is 5.08. The number of likely N-dealkylation sites (N-methyl/N-ethyl adjacent to an activating group) is 1. The van der Waals surface area contributed by atoms with Gasteiger partial charge in [0.15, 0.2) is 0 Å². The summed E-state index contributed by atoms with van der Waals surface area (Å²) in [6, 6.07) is 6.59. The average molecular weight is 282 g/mol. The van der Waals surface area contributed by atoms with Gasteiger partial charge in [-0.05, 0) is 37.6 Å². The van der Waals surface area contributed by atoms with E-state index < -0.39 is 0 Å². The molecule has 19 heavy (non-hydrogen) atoms. The largest absolute Gasteiger partial charge is 0.369 e. The zero-order chi connectivity index (χ0) is 13.8. The molecule has 0 aliphatic carbocycles. The SMILES string of the molecule is CCC(N)Cc1ccc(N2CCN(C)CC2)cc1Cl. The molecule has 3 nitrogen and oxygen atoms in total. The topological polar surface area (TPSA) is 32.5 Å². The Bertz CT molecular complexity index is 414.